The van der Waals surface area contributed by atoms with E-state index in [2.05, 4.69) is 12.2 Å². The Hall–Kier alpha value is -0.470. The average molecular weight is 318 g/mol. The summed E-state index contributed by atoms with van der Waals surface area (Å²) in [6, 6.07) is 1.79. The van der Waals surface area contributed by atoms with Crippen molar-refractivity contribution in [1.29, 1.82) is 0 Å². The van der Waals surface area contributed by atoms with Gasteiger partial charge in [-0.15, -0.1) is 11.3 Å². The smallest absolute Gasteiger partial charge is 0.243 e. The minimum absolute atomic E-state index is 0.415. The lowest BCUT2D eigenvalue weighted by atomic mass is 10.4. The van der Waals surface area contributed by atoms with E-state index < -0.39 is 10.0 Å². The second-order valence-corrected chi connectivity index (χ2v) is 7.73. The average Bonchev–Trinajstić information content (AvgIpc) is 2.73. The number of nitrogens with one attached hydrogen (secondary N) is 1. The van der Waals surface area contributed by atoms with Gasteiger partial charge in [0.1, 0.15) is 0 Å². The highest BCUT2D eigenvalue weighted by molar-refractivity contribution is 7.89. The van der Waals surface area contributed by atoms with E-state index in [9.17, 15) is 8.42 Å². The maximum absolute atomic E-state index is 12.5. The van der Waals surface area contributed by atoms with Crippen molar-refractivity contribution < 1.29 is 13.2 Å². The maximum atomic E-state index is 12.5. The maximum Gasteiger partial charge on any atom is 0.243 e. The SMILES string of the molecule is CCCNCc1cc(S(=O)(=O)N2CCCOCC2)cs1. The summed E-state index contributed by atoms with van der Waals surface area (Å²) < 4.78 is 31.9. The molecule has 1 saturated heterocycles. The Kier molecular flexibility index (Phi) is 5.98. The van der Waals surface area contributed by atoms with E-state index in [1.54, 1.807) is 11.4 Å². The second-order valence-electron chi connectivity index (χ2n) is 4.80. The predicted octanol–water partition coefficient (Wildman–Crippen LogP) is 1.66. The summed E-state index contributed by atoms with van der Waals surface area (Å²) in [6.45, 7) is 5.90. The molecule has 0 bridgehead atoms. The van der Waals surface area contributed by atoms with E-state index in [4.69, 9.17) is 4.74 Å². The molecule has 7 heteroatoms. The summed E-state index contributed by atoms with van der Waals surface area (Å²) in [5, 5.41) is 5.03. The molecule has 1 aromatic heterocycles. The van der Waals surface area contributed by atoms with Gasteiger partial charge in [-0.05, 0) is 25.5 Å². The Balaban J connectivity index is 2.05. The van der Waals surface area contributed by atoms with Crippen molar-refractivity contribution in [3.8, 4) is 0 Å². The number of hydrogen-bond donors (Lipinski definition) is 1. The van der Waals surface area contributed by atoms with E-state index in [-0.39, 0.29) is 0 Å². The number of thiophene rings is 1. The highest BCUT2D eigenvalue weighted by Crippen LogP contribution is 2.23. The molecule has 0 saturated carbocycles. The number of hydrogen-bond acceptors (Lipinski definition) is 5. The molecule has 1 N–H and O–H groups in total. The molecule has 0 atom stereocenters. The van der Waals surface area contributed by atoms with Gasteiger partial charge in [0, 0.05) is 36.5 Å². The molecule has 1 aliphatic heterocycles. The van der Waals surface area contributed by atoms with Crippen LogP contribution in [0.2, 0.25) is 0 Å². The third kappa shape index (κ3) is 4.02. The van der Waals surface area contributed by atoms with Crippen molar-refractivity contribution in [3.63, 3.8) is 0 Å². The van der Waals surface area contributed by atoms with Gasteiger partial charge in [-0.25, -0.2) is 8.42 Å². The number of ether oxygens (including phenoxy) is 1. The first kappa shape index (κ1) is 15.9. The van der Waals surface area contributed by atoms with Crippen LogP contribution in [0.5, 0.6) is 0 Å². The Morgan fingerprint density at radius 1 is 1.40 bits per heavy atom. The van der Waals surface area contributed by atoms with Crippen molar-refractivity contribution in [3.05, 3.63) is 16.3 Å². The first-order valence-electron chi connectivity index (χ1n) is 7.00. The largest absolute Gasteiger partial charge is 0.380 e. The van der Waals surface area contributed by atoms with Gasteiger partial charge in [0.25, 0.3) is 0 Å². The summed E-state index contributed by atoms with van der Waals surface area (Å²) >= 11 is 1.50. The first-order valence-corrected chi connectivity index (χ1v) is 9.32. The third-order valence-corrected chi connectivity index (χ3v) is 6.14. The Morgan fingerprint density at radius 2 is 2.25 bits per heavy atom. The number of rotatable bonds is 6. The van der Waals surface area contributed by atoms with Crippen LogP contribution < -0.4 is 5.32 Å². The third-order valence-electron chi connectivity index (χ3n) is 3.17. The van der Waals surface area contributed by atoms with E-state index in [0.29, 0.717) is 31.2 Å². The number of nitrogens with zero attached hydrogens (tertiary/aromatic N) is 1. The van der Waals surface area contributed by atoms with Crippen LogP contribution in [0, 0.1) is 0 Å². The molecule has 1 aromatic rings. The molecule has 20 heavy (non-hydrogen) atoms. The second kappa shape index (κ2) is 7.51. The van der Waals surface area contributed by atoms with Crippen LogP contribution >= 0.6 is 11.3 Å². The topological polar surface area (TPSA) is 58.6 Å². The molecule has 0 unspecified atom stereocenters. The molecule has 1 aliphatic rings. The molecular formula is C13H22N2O3S2. The predicted molar refractivity (Wildman–Crippen MR) is 80.5 cm³/mol. The molecule has 114 valence electrons. The van der Waals surface area contributed by atoms with Gasteiger partial charge < -0.3 is 10.1 Å². The molecule has 2 rings (SSSR count). The zero-order valence-corrected chi connectivity index (χ0v) is 13.4. The van der Waals surface area contributed by atoms with E-state index in [0.717, 1.165) is 30.8 Å². The summed E-state index contributed by atoms with van der Waals surface area (Å²) in [6.07, 6.45) is 1.83. The normalized spacial score (nSPS) is 18.1. The van der Waals surface area contributed by atoms with Crippen molar-refractivity contribution in [2.75, 3.05) is 32.8 Å². The van der Waals surface area contributed by atoms with Gasteiger partial charge >= 0.3 is 0 Å². The molecule has 2 heterocycles. The van der Waals surface area contributed by atoms with Crippen LogP contribution in [-0.4, -0.2) is 45.6 Å². The summed E-state index contributed by atoms with van der Waals surface area (Å²) in [5.74, 6) is 0. The molecule has 1 fully saturated rings. The van der Waals surface area contributed by atoms with Gasteiger partial charge in [0.2, 0.25) is 10.0 Å². The standard InChI is InChI=1S/C13H22N2O3S2/c1-2-4-14-10-12-9-13(11-19-12)20(16,17)15-5-3-7-18-8-6-15/h9,11,14H,2-8,10H2,1H3. The Labute approximate surface area is 125 Å². The quantitative estimate of drug-likeness (QED) is 0.811. The lowest BCUT2D eigenvalue weighted by molar-refractivity contribution is 0.148. The van der Waals surface area contributed by atoms with Crippen molar-refractivity contribution in [2.24, 2.45) is 0 Å². The highest BCUT2D eigenvalue weighted by Gasteiger charge is 2.26. The van der Waals surface area contributed by atoms with Gasteiger partial charge in [-0.1, -0.05) is 6.92 Å². The van der Waals surface area contributed by atoms with Gasteiger partial charge in [-0.2, -0.15) is 4.31 Å². The molecule has 0 aromatic carbocycles. The minimum Gasteiger partial charge on any atom is -0.380 e. The molecular weight excluding hydrogens is 296 g/mol. The summed E-state index contributed by atoms with van der Waals surface area (Å²) in [7, 11) is -3.36. The zero-order chi connectivity index (χ0) is 14.4. The van der Waals surface area contributed by atoms with Crippen LogP contribution in [0.4, 0.5) is 0 Å². The zero-order valence-electron chi connectivity index (χ0n) is 11.8. The highest BCUT2D eigenvalue weighted by atomic mass is 32.2. The fourth-order valence-electron chi connectivity index (χ4n) is 2.09. The van der Waals surface area contributed by atoms with Gasteiger partial charge in [-0.3, -0.25) is 0 Å². The molecule has 0 spiro atoms. The van der Waals surface area contributed by atoms with Crippen LogP contribution in [0.3, 0.4) is 0 Å². The molecule has 0 radical (unpaired) electrons. The monoisotopic (exact) mass is 318 g/mol. The summed E-state index contributed by atoms with van der Waals surface area (Å²) in [4.78, 5) is 1.47. The fraction of sp³-hybridized carbons (Fsp3) is 0.692. The Morgan fingerprint density at radius 3 is 3.05 bits per heavy atom. The van der Waals surface area contributed by atoms with Crippen molar-refractivity contribution in [2.45, 2.75) is 31.2 Å². The van der Waals surface area contributed by atoms with Gasteiger partial charge in [0.15, 0.2) is 0 Å². The fourth-order valence-corrected chi connectivity index (χ4v) is 4.78. The van der Waals surface area contributed by atoms with E-state index >= 15 is 0 Å². The van der Waals surface area contributed by atoms with Crippen LogP contribution in [0.1, 0.15) is 24.6 Å². The van der Waals surface area contributed by atoms with Crippen LogP contribution in [0.15, 0.2) is 16.3 Å². The lowest BCUT2D eigenvalue weighted by Gasteiger charge is -2.18. The van der Waals surface area contributed by atoms with Crippen LogP contribution in [-0.2, 0) is 21.3 Å². The Bertz CT molecular complexity index is 505. The first-order chi connectivity index (χ1) is 9.64. The molecule has 0 amide bonds. The van der Waals surface area contributed by atoms with Crippen LogP contribution in [0.25, 0.3) is 0 Å². The summed E-state index contributed by atoms with van der Waals surface area (Å²) in [5.41, 5.74) is 0. The molecule has 5 nitrogen and oxygen atoms in total. The van der Waals surface area contributed by atoms with E-state index in [1.165, 1.54) is 15.6 Å². The van der Waals surface area contributed by atoms with Gasteiger partial charge in [0.05, 0.1) is 11.5 Å². The van der Waals surface area contributed by atoms with E-state index in [1.807, 2.05) is 0 Å². The molecule has 0 aliphatic carbocycles. The van der Waals surface area contributed by atoms with Crippen molar-refractivity contribution in [1.82, 2.24) is 9.62 Å². The number of sulfonamides is 1. The minimum atomic E-state index is -3.36. The lowest BCUT2D eigenvalue weighted by Crippen LogP contribution is -2.33. The van der Waals surface area contributed by atoms with Crippen molar-refractivity contribution >= 4 is 21.4 Å².